The molecule has 0 radical (unpaired) electrons. The molecule has 1 fully saturated rings. The summed E-state index contributed by atoms with van der Waals surface area (Å²) in [6.07, 6.45) is 2.71. The summed E-state index contributed by atoms with van der Waals surface area (Å²) in [7, 11) is 0. The van der Waals surface area contributed by atoms with E-state index >= 15 is 0 Å². The molecular formula is C19H19N3O2S. The van der Waals surface area contributed by atoms with E-state index < -0.39 is 0 Å². The number of para-hydroxylation sites is 1. The molecule has 0 N–H and O–H groups in total. The number of rotatable bonds is 3. The van der Waals surface area contributed by atoms with Gasteiger partial charge in [0.15, 0.2) is 0 Å². The summed E-state index contributed by atoms with van der Waals surface area (Å²) in [5.41, 5.74) is 2.38. The van der Waals surface area contributed by atoms with Gasteiger partial charge in [-0.15, -0.1) is 0 Å². The lowest BCUT2D eigenvalue weighted by Crippen LogP contribution is -2.41. The molecule has 1 atom stereocenters. The van der Waals surface area contributed by atoms with Gasteiger partial charge in [0.05, 0.1) is 11.7 Å². The number of carbonyl (C=O) groups is 2. The van der Waals surface area contributed by atoms with Crippen LogP contribution in [-0.2, 0) is 9.59 Å². The Hall–Kier alpha value is -2.47. The average molecular weight is 353 g/mol. The van der Waals surface area contributed by atoms with Crippen LogP contribution in [0.5, 0.6) is 0 Å². The molecule has 2 aliphatic rings. The number of anilines is 1. The van der Waals surface area contributed by atoms with Crippen molar-refractivity contribution in [1.29, 1.82) is 0 Å². The van der Waals surface area contributed by atoms with E-state index in [0.29, 0.717) is 24.2 Å². The van der Waals surface area contributed by atoms with Crippen LogP contribution >= 0.6 is 11.3 Å². The molecule has 6 heteroatoms. The molecule has 0 bridgehead atoms. The normalized spacial score (nSPS) is 20.7. The van der Waals surface area contributed by atoms with Crippen molar-refractivity contribution < 1.29 is 9.59 Å². The molecule has 5 nitrogen and oxygen atoms in total. The maximum absolute atomic E-state index is 13.1. The lowest BCUT2D eigenvalue weighted by molar-refractivity contribution is -0.125. The Kier molecular flexibility index (Phi) is 4.36. The van der Waals surface area contributed by atoms with Crippen molar-refractivity contribution in [2.24, 2.45) is 5.10 Å². The van der Waals surface area contributed by atoms with Crippen molar-refractivity contribution in [3.8, 4) is 0 Å². The zero-order valence-electron chi connectivity index (χ0n) is 13.8. The smallest absolute Gasteiger partial charge is 0.270 e. The van der Waals surface area contributed by atoms with Crippen LogP contribution in [0.2, 0.25) is 0 Å². The number of nitrogens with zero attached hydrogens (tertiary/aromatic N) is 3. The monoisotopic (exact) mass is 353 g/mol. The van der Waals surface area contributed by atoms with E-state index in [0.717, 1.165) is 19.4 Å². The second-order valence-electron chi connectivity index (χ2n) is 6.30. The molecule has 0 saturated carbocycles. The first-order chi connectivity index (χ1) is 12.2. The van der Waals surface area contributed by atoms with Gasteiger partial charge in [0.1, 0.15) is 5.71 Å². The van der Waals surface area contributed by atoms with Gasteiger partial charge in [-0.1, -0.05) is 18.2 Å². The molecule has 2 aliphatic heterocycles. The summed E-state index contributed by atoms with van der Waals surface area (Å²) in [5, 5.41) is 9.93. The molecule has 128 valence electrons. The minimum atomic E-state index is -0.0708. The van der Waals surface area contributed by atoms with E-state index in [2.05, 4.69) is 16.5 Å². The number of amides is 2. The van der Waals surface area contributed by atoms with Gasteiger partial charge in [-0.05, 0) is 47.4 Å². The van der Waals surface area contributed by atoms with Crippen molar-refractivity contribution in [3.63, 3.8) is 0 Å². The number of hydrogen-bond acceptors (Lipinski definition) is 4. The first kappa shape index (κ1) is 16.0. The van der Waals surface area contributed by atoms with Crippen molar-refractivity contribution in [1.82, 2.24) is 4.90 Å². The fourth-order valence-electron chi connectivity index (χ4n) is 3.47. The molecular weight excluding hydrogens is 334 g/mol. The van der Waals surface area contributed by atoms with Crippen LogP contribution in [0, 0.1) is 0 Å². The number of likely N-dealkylation sites (tertiary alicyclic amines) is 1. The van der Waals surface area contributed by atoms with Gasteiger partial charge in [-0.2, -0.15) is 16.4 Å². The third kappa shape index (κ3) is 3.09. The van der Waals surface area contributed by atoms with Crippen molar-refractivity contribution in [3.05, 3.63) is 52.7 Å². The van der Waals surface area contributed by atoms with Crippen LogP contribution in [0.1, 0.15) is 37.3 Å². The van der Waals surface area contributed by atoms with Gasteiger partial charge in [0.2, 0.25) is 5.91 Å². The van der Waals surface area contributed by atoms with Crippen LogP contribution in [-0.4, -0.2) is 29.0 Å². The summed E-state index contributed by atoms with van der Waals surface area (Å²) in [6, 6.07) is 11.5. The zero-order valence-corrected chi connectivity index (χ0v) is 14.6. The fourth-order valence-corrected chi connectivity index (χ4v) is 4.17. The van der Waals surface area contributed by atoms with Gasteiger partial charge in [0, 0.05) is 19.4 Å². The molecule has 2 aromatic rings. The van der Waals surface area contributed by atoms with Crippen molar-refractivity contribution in [2.45, 2.75) is 31.7 Å². The number of benzene rings is 1. The molecule has 1 aromatic carbocycles. The van der Waals surface area contributed by atoms with Crippen LogP contribution in [0.4, 0.5) is 5.69 Å². The minimum absolute atomic E-state index is 0.0397. The predicted molar refractivity (Wildman–Crippen MR) is 98.6 cm³/mol. The average Bonchev–Trinajstić information content (AvgIpc) is 3.33. The number of hydrogen-bond donors (Lipinski definition) is 0. The summed E-state index contributed by atoms with van der Waals surface area (Å²) in [4.78, 5) is 27.2. The maximum atomic E-state index is 13.1. The predicted octanol–water partition coefficient (Wildman–Crippen LogP) is 3.59. The van der Waals surface area contributed by atoms with E-state index in [1.807, 2.05) is 40.6 Å². The molecule has 3 heterocycles. The molecule has 4 rings (SSSR count). The van der Waals surface area contributed by atoms with Gasteiger partial charge < -0.3 is 4.90 Å². The Morgan fingerprint density at radius 1 is 1.16 bits per heavy atom. The second kappa shape index (κ2) is 6.80. The van der Waals surface area contributed by atoms with Crippen molar-refractivity contribution >= 4 is 34.6 Å². The molecule has 0 aliphatic carbocycles. The third-order valence-electron chi connectivity index (χ3n) is 4.72. The van der Waals surface area contributed by atoms with E-state index in [4.69, 9.17) is 0 Å². The second-order valence-corrected chi connectivity index (χ2v) is 7.08. The van der Waals surface area contributed by atoms with E-state index in [1.54, 1.807) is 11.3 Å². The van der Waals surface area contributed by atoms with E-state index in [9.17, 15) is 9.59 Å². The standard InChI is InChI=1S/C19H19N3O2S/c23-18-9-8-16(20-22(18)15-5-2-1-3-6-15)19(24)21-11-4-7-17(21)14-10-12-25-13-14/h1-3,5-6,10,12-13,17H,4,7-9,11H2/t17-/m1/s1. The lowest BCUT2D eigenvalue weighted by atomic mass is 10.1. The molecule has 1 saturated heterocycles. The SMILES string of the molecule is O=C1CCC(C(=O)N2CCC[C@@H]2c2ccsc2)=NN1c1ccccc1. The topological polar surface area (TPSA) is 53.0 Å². The van der Waals surface area contributed by atoms with Crippen molar-refractivity contribution in [2.75, 3.05) is 11.6 Å². The largest absolute Gasteiger partial charge is 0.330 e. The number of carbonyl (C=O) groups excluding carboxylic acids is 2. The van der Waals surface area contributed by atoms with Gasteiger partial charge >= 0.3 is 0 Å². The fraction of sp³-hybridized carbons (Fsp3) is 0.316. The highest BCUT2D eigenvalue weighted by atomic mass is 32.1. The van der Waals surface area contributed by atoms with Crippen LogP contribution in [0.3, 0.4) is 0 Å². The lowest BCUT2D eigenvalue weighted by Gasteiger charge is -2.28. The highest BCUT2D eigenvalue weighted by Gasteiger charge is 2.34. The first-order valence-corrected chi connectivity index (χ1v) is 9.47. The zero-order chi connectivity index (χ0) is 17.2. The van der Waals surface area contributed by atoms with Gasteiger partial charge in [-0.3, -0.25) is 9.59 Å². The Morgan fingerprint density at radius 2 is 2.00 bits per heavy atom. The maximum Gasteiger partial charge on any atom is 0.270 e. The third-order valence-corrected chi connectivity index (χ3v) is 5.42. The molecule has 1 aromatic heterocycles. The van der Waals surface area contributed by atoms with Crippen LogP contribution in [0.25, 0.3) is 0 Å². The Balaban J connectivity index is 1.60. The van der Waals surface area contributed by atoms with Crippen LogP contribution in [0.15, 0.2) is 52.3 Å². The van der Waals surface area contributed by atoms with E-state index in [1.165, 1.54) is 10.6 Å². The minimum Gasteiger partial charge on any atom is -0.330 e. The summed E-state index contributed by atoms with van der Waals surface area (Å²) >= 11 is 1.65. The highest BCUT2D eigenvalue weighted by Crippen LogP contribution is 2.34. The van der Waals surface area contributed by atoms with Gasteiger partial charge in [-0.25, -0.2) is 5.01 Å². The summed E-state index contributed by atoms with van der Waals surface area (Å²) in [6.45, 7) is 0.748. The Morgan fingerprint density at radius 3 is 2.76 bits per heavy atom. The molecule has 0 unspecified atom stereocenters. The summed E-state index contributed by atoms with van der Waals surface area (Å²) in [5.74, 6) is -0.110. The Labute approximate surface area is 150 Å². The molecule has 0 spiro atoms. The number of thiophene rings is 1. The Bertz CT molecular complexity index is 801. The molecule has 2 amide bonds. The number of hydrazone groups is 1. The van der Waals surface area contributed by atoms with Crippen LogP contribution < -0.4 is 5.01 Å². The first-order valence-electron chi connectivity index (χ1n) is 8.52. The highest BCUT2D eigenvalue weighted by molar-refractivity contribution is 7.08. The van der Waals surface area contributed by atoms with E-state index in [-0.39, 0.29) is 17.9 Å². The molecule has 25 heavy (non-hydrogen) atoms. The quantitative estimate of drug-likeness (QED) is 0.847. The summed E-state index contributed by atoms with van der Waals surface area (Å²) < 4.78 is 0. The van der Waals surface area contributed by atoms with Gasteiger partial charge in [0.25, 0.3) is 5.91 Å².